The van der Waals surface area contributed by atoms with Crippen LogP contribution in [0.2, 0.25) is 0 Å². The van der Waals surface area contributed by atoms with Crippen LogP contribution in [-0.4, -0.2) is 79.8 Å². The zero-order chi connectivity index (χ0) is 18.6. The van der Waals surface area contributed by atoms with Crippen molar-refractivity contribution in [2.75, 3.05) is 39.9 Å². The Morgan fingerprint density at radius 3 is 2.77 bits per heavy atom. The summed E-state index contributed by atoms with van der Waals surface area (Å²) in [6, 6.07) is -0.174. The van der Waals surface area contributed by atoms with Crippen molar-refractivity contribution < 1.29 is 14.3 Å². The van der Waals surface area contributed by atoms with E-state index >= 15 is 0 Å². The highest BCUT2D eigenvalue weighted by atomic mass is 16.5. The topological polar surface area (TPSA) is 92.1 Å². The molecule has 3 heterocycles. The Morgan fingerprint density at radius 2 is 2.12 bits per heavy atom. The molecule has 8 heteroatoms. The first-order valence-corrected chi connectivity index (χ1v) is 9.65. The average molecular weight is 367 g/mol. The molecular formula is C18H33N5O3. The van der Waals surface area contributed by atoms with Gasteiger partial charge in [-0.3, -0.25) is 10.2 Å². The van der Waals surface area contributed by atoms with E-state index in [4.69, 9.17) is 15.2 Å². The zero-order valence-corrected chi connectivity index (χ0v) is 15.9. The molecule has 3 unspecified atom stereocenters. The number of hydrogen-bond donors (Lipinski definition) is 3. The van der Waals surface area contributed by atoms with Gasteiger partial charge in [-0.05, 0) is 38.8 Å². The Morgan fingerprint density at radius 1 is 1.35 bits per heavy atom. The molecule has 0 saturated carbocycles. The molecule has 0 aromatic rings. The van der Waals surface area contributed by atoms with Crippen molar-refractivity contribution in [1.82, 2.24) is 20.4 Å². The average Bonchev–Trinajstić information content (AvgIpc) is 2.67. The molecule has 26 heavy (non-hydrogen) atoms. The number of hydrogen-bond acceptors (Lipinski definition) is 7. The van der Waals surface area contributed by atoms with E-state index in [9.17, 15) is 4.79 Å². The first kappa shape index (κ1) is 19.4. The summed E-state index contributed by atoms with van der Waals surface area (Å²) in [4.78, 5) is 16.2. The largest absolute Gasteiger partial charge is 0.453 e. The molecule has 0 spiro atoms. The molecule has 148 valence electrons. The molecule has 8 nitrogen and oxygen atoms in total. The van der Waals surface area contributed by atoms with Gasteiger partial charge in [-0.2, -0.15) is 0 Å². The first-order chi connectivity index (χ1) is 12.5. The molecule has 0 radical (unpaired) electrons. The maximum Gasteiger partial charge on any atom is 0.409 e. The predicted octanol–water partition coefficient (Wildman–Crippen LogP) is 0.406. The van der Waals surface area contributed by atoms with E-state index in [-0.39, 0.29) is 30.1 Å². The van der Waals surface area contributed by atoms with Gasteiger partial charge in [-0.1, -0.05) is 6.08 Å². The summed E-state index contributed by atoms with van der Waals surface area (Å²) >= 11 is 0. The smallest absolute Gasteiger partial charge is 0.409 e. The lowest BCUT2D eigenvalue weighted by molar-refractivity contribution is -0.0997. The lowest BCUT2D eigenvalue weighted by atomic mass is 9.92. The molecule has 0 aromatic heterocycles. The summed E-state index contributed by atoms with van der Waals surface area (Å²) in [5, 5.41) is 6.79. The minimum Gasteiger partial charge on any atom is -0.453 e. The monoisotopic (exact) mass is 367 g/mol. The van der Waals surface area contributed by atoms with Crippen LogP contribution in [0.3, 0.4) is 0 Å². The lowest BCUT2D eigenvalue weighted by Crippen LogP contribution is -2.60. The van der Waals surface area contributed by atoms with Crippen LogP contribution < -0.4 is 16.4 Å². The lowest BCUT2D eigenvalue weighted by Gasteiger charge is -2.45. The van der Waals surface area contributed by atoms with Crippen molar-refractivity contribution in [2.24, 2.45) is 5.73 Å². The first-order valence-electron chi connectivity index (χ1n) is 9.65. The van der Waals surface area contributed by atoms with Crippen LogP contribution in [-0.2, 0) is 9.47 Å². The number of rotatable bonds is 4. The maximum atomic E-state index is 12.0. The quantitative estimate of drug-likeness (QED) is 0.663. The minimum atomic E-state index is -0.309. The van der Waals surface area contributed by atoms with Gasteiger partial charge in [0.25, 0.3) is 0 Å². The number of carbonyl (C=O) groups excluding carboxylic acids is 1. The van der Waals surface area contributed by atoms with Gasteiger partial charge in [0.2, 0.25) is 0 Å². The van der Waals surface area contributed by atoms with Crippen LogP contribution in [0.15, 0.2) is 12.3 Å². The van der Waals surface area contributed by atoms with Gasteiger partial charge in [-0.25, -0.2) is 4.79 Å². The normalized spacial score (nSPS) is 32.1. The number of ether oxygens (including phenoxy) is 2. The Kier molecular flexibility index (Phi) is 6.39. The third-order valence-electron chi connectivity index (χ3n) is 5.86. The van der Waals surface area contributed by atoms with Gasteiger partial charge in [0.05, 0.1) is 25.4 Å². The summed E-state index contributed by atoms with van der Waals surface area (Å²) in [6.07, 6.45) is 7.72. The van der Waals surface area contributed by atoms with Crippen LogP contribution >= 0.6 is 0 Å². The molecule has 0 aliphatic carbocycles. The van der Waals surface area contributed by atoms with Crippen LogP contribution in [0.1, 0.15) is 32.6 Å². The van der Waals surface area contributed by atoms with Crippen molar-refractivity contribution in [3.05, 3.63) is 12.3 Å². The number of nitrogens with one attached hydrogen (secondary N) is 2. The van der Waals surface area contributed by atoms with Crippen LogP contribution in [0, 0.1) is 0 Å². The Hall–Kier alpha value is -1.35. The Labute approximate surface area is 156 Å². The summed E-state index contributed by atoms with van der Waals surface area (Å²) in [7, 11) is 1.42. The highest BCUT2D eigenvalue weighted by molar-refractivity contribution is 5.68. The van der Waals surface area contributed by atoms with Crippen molar-refractivity contribution in [3.8, 4) is 0 Å². The third-order valence-corrected chi connectivity index (χ3v) is 5.86. The molecule has 0 bridgehead atoms. The van der Waals surface area contributed by atoms with Crippen LogP contribution in [0.4, 0.5) is 4.79 Å². The number of nitrogens with two attached hydrogens (primary N) is 1. The van der Waals surface area contributed by atoms with Gasteiger partial charge >= 0.3 is 6.09 Å². The fraction of sp³-hybridized carbons (Fsp3) is 0.833. The fourth-order valence-corrected chi connectivity index (χ4v) is 4.02. The van der Waals surface area contributed by atoms with E-state index in [0.717, 1.165) is 45.3 Å². The van der Waals surface area contributed by atoms with Crippen molar-refractivity contribution in [3.63, 3.8) is 0 Å². The molecule has 0 aromatic carbocycles. The molecule has 4 N–H and O–H groups in total. The molecule has 3 aliphatic rings. The molecular weight excluding hydrogens is 334 g/mol. The highest BCUT2D eigenvalue weighted by Gasteiger charge is 2.38. The van der Waals surface area contributed by atoms with E-state index in [1.165, 1.54) is 7.11 Å². The van der Waals surface area contributed by atoms with Gasteiger partial charge in [-0.15, -0.1) is 0 Å². The highest BCUT2D eigenvalue weighted by Crippen LogP contribution is 2.28. The minimum absolute atomic E-state index is 0.0611. The van der Waals surface area contributed by atoms with Crippen LogP contribution in [0.25, 0.3) is 0 Å². The number of methoxy groups -OCH3 is 1. The van der Waals surface area contributed by atoms with E-state index in [1.807, 2.05) is 6.20 Å². The summed E-state index contributed by atoms with van der Waals surface area (Å²) in [5.74, 6) is 0. The summed E-state index contributed by atoms with van der Waals surface area (Å²) < 4.78 is 11.2. The van der Waals surface area contributed by atoms with Crippen molar-refractivity contribution in [2.45, 2.75) is 56.6 Å². The number of amides is 1. The number of likely N-dealkylation sites (tertiary alicyclic amines) is 2. The SMILES string of the molecule is COC(=O)N1CCCC(N)C1COC1(C)CCN(C2NC=CCN2)CC1. The van der Waals surface area contributed by atoms with E-state index < -0.39 is 0 Å². The molecule has 1 amide bonds. The van der Waals surface area contributed by atoms with Gasteiger partial charge in [0.15, 0.2) is 0 Å². The summed E-state index contributed by atoms with van der Waals surface area (Å²) in [5.41, 5.74) is 6.10. The Balaban J connectivity index is 1.51. The second kappa shape index (κ2) is 8.56. The molecule has 3 aliphatic heterocycles. The van der Waals surface area contributed by atoms with Crippen LogP contribution in [0.5, 0.6) is 0 Å². The van der Waals surface area contributed by atoms with Crippen molar-refractivity contribution in [1.29, 1.82) is 0 Å². The van der Waals surface area contributed by atoms with E-state index in [0.29, 0.717) is 13.2 Å². The van der Waals surface area contributed by atoms with E-state index in [1.54, 1.807) is 4.90 Å². The Bertz CT molecular complexity index is 507. The maximum absolute atomic E-state index is 12.0. The van der Waals surface area contributed by atoms with Gasteiger partial charge in [0.1, 0.15) is 6.29 Å². The summed E-state index contributed by atoms with van der Waals surface area (Å²) in [6.45, 7) is 6.15. The second-order valence-corrected chi connectivity index (χ2v) is 7.71. The molecule has 2 saturated heterocycles. The zero-order valence-electron chi connectivity index (χ0n) is 15.9. The standard InChI is InChI=1S/C18H33N5O3/c1-18(6-11-22(12-7-18)16-20-8-4-9-21-16)26-13-15-14(19)5-3-10-23(15)17(24)25-2/h4,8,14-16,20-21H,3,5-7,9-13,19H2,1-2H3. The fourth-order valence-electron chi connectivity index (χ4n) is 4.02. The second-order valence-electron chi connectivity index (χ2n) is 7.71. The number of nitrogens with zero attached hydrogens (tertiary/aromatic N) is 2. The van der Waals surface area contributed by atoms with Gasteiger partial charge in [0, 0.05) is 32.2 Å². The molecule has 3 rings (SSSR count). The van der Waals surface area contributed by atoms with Gasteiger partial charge < -0.3 is 25.4 Å². The molecule has 2 fully saturated rings. The predicted molar refractivity (Wildman–Crippen MR) is 99.3 cm³/mol. The molecule has 3 atom stereocenters. The number of piperidine rings is 2. The number of carbonyl (C=O) groups is 1. The van der Waals surface area contributed by atoms with E-state index in [2.05, 4.69) is 28.5 Å². The van der Waals surface area contributed by atoms with Crippen molar-refractivity contribution >= 4 is 6.09 Å². The third kappa shape index (κ3) is 4.49.